The van der Waals surface area contributed by atoms with Crippen molar-refractivity contribution in [3.63, 3.8) is 0 Å². The largest absolute Gasteiger partial charge is 0.307 e. The molecule has 1 saturated heterocycles. The van der Waals surface area contributed by atoms with Gasteiger partial charge in [-0.25, -0.2) is 0 Å². The van der Waals surface area contributed by atoms with Crippen LogP contribution in [-0.2, 0) is 0 Å². The lowest BCUT2D eigenvalue weighted by Gasteiger charge is -2.41. The first-order chi connectivity index (χ1) is 9.65. The Morgan fingerprint density at radius 3 is 2.60 bits per heavy atom. The first-order valence-corrected chi connectivity index (χ1v) is 6.57. The minimum atomic E-state index is -0.404. The van der Waals surface area contributed by atoms with Crippen molar-refractivity contribution in [2.24, 2.45) is 5.92 Å². The van der Waals surface area contributed by atoms with Crippen molar-refractivity contribution >= 4 is 5.69 Å². The highest BCUT2D eigenvalue weighted by Gasteiger charge is 2.34. The van der Waals surface area contributed by atoms with Gasteiger partial charge in [0.05, 0.1) is 11.0 Å². The van der Waals surface area contributed by atoms with Gasteiger partial charge in [0.1, 0.15) is 12.4 Å². The van der Waals surface area contributed by atoms with Gasteiger partial charge >= 0.3 is 5.69 Å². The van der Waals surface area contributed by atoms with Crippen molar-refractivity contribution in [2.45, 2.75) is 6.04 Å². The van der Waals surface area contributed by atoms with E-state index in [0.717, 1.165) is 18.7 Å². The standard InChI is InChI=1S/C14H16N4O2/c1-16-8-12(9-16)14(11-5-3-2-4-6-11)17-10-13(7-15-17)18(19)20/h2-7,10,12,14H,8-9H2,1H3. The van der Waals surface area contributed by atoms with Gasteiger partial charge in [0, 0.05) is 19.0 Å². The van der Waals surface area contributed by atoms with Crippen molar-refractivity contribution in [1.29, 1.82) is 0 Å². The van der Waals surface area contributed by atoms with E-state index < -0.39 is 4.92 Å². The first-order valence-electron chi connectivity index (χ1n) is 6.57. The summed E-state index contributed by atoms with van der Waals surface area (Å²) in [4.78, 5) is 12.7. The molecule has 6 heteroatoms. The molecule has 1 atom stereocenters. The molecule has 1 aromatic heterocycles. The summed E-state index contributed by atoms with van der Waals surface area (Å²) in [5.74, 6) is 0.432. The number of nitrogens with zero attached hydrogens (tertiary/aromatic N) is 4. The second kappa shape index (κ2) is 5.05. The van der Waals surface area contributed by atoms with Gasteiger partial charge in [-0.1, -0.05) is 30.3 Å². The van der Waals surface area contributed by atoms with Crippen LogP contribution < -0.4 is 0 Å². The molecule has 0 N–H and O–H groups in total. The number of hydrogen-bond donors (Lipinski definition) is 0. The number of nitro groups is 1. The Balaban J connectivity index is 1.94. The van der Waals surface area contributed by atoms with E-state index >= 15 is 0 Å². The number of aromatic nitrogens is 2. The fraction of sp³-hybridized carbons (Fsp3) is 0.357. The first kappa shape index (κ1) is 12.8. The maximum Gasteiger partial charge on any atom is 0.307 e. The highest BCUT2D eigenvalue weighted by atomic mass is 16.6. The molecule has 1 fully saturated rings. The molecule has 0 saturated carbocycles. The van der Waals surface area contributed by atoms with Crippen molar-refractivity contribution in [3.05, 3.63) is 58.4 Å². The van der Waals surface area contributed by atoms with Crippen LogP contribution in [0, 0.1) is 16.0 Å². The van der Waals surface area contributed by atoms with Crippen LogP contribution in [0.5, 0.6) is 0 Å². The quantitative estimate of drug-likeness (QED) is 0.630. The molecule has 0 radical (unpaired) electrons. The Morgan fingerprint density at radius 1 is 1.35 bits per heavy atom. The Bertz CT molecular complexity index is 605. The predicted octanol–water partition coefficient (Wildman–Crippen LogP) is 1.94. The summed E-state index contributed by atoms with van der Waals surface area (Å²) in [7, 11) is 2.07. The van der Waals surface area contributed by atoms with Crippen molar-refractivity contribution in [2.75, 3.05) is 20.1 Å². The summed E-state index contributed by atoms with van der Waals surface area (Å²) in [6, 6.07) is 10.1. The zero-order valence-corrected chi connectivity index (χ0v) is 11.2. The van der Waals surface area contributed by atoms with Crippen LogP contribution >= 0.6 is 0 Å². The topological polar surface area (TPSA) is 64.2 Å². The van der Waals surface area contributed by atoms with Gasteiger partial charge in [-0.3, -0.25) is 14.8 Å². The van der Waals surface area contributed by atoms with Gasteiger partial charge in [0.25, 0.3) is 0 Å². The van der Waals surface area contributed by atoms with Gasteiger partial charge in [0.15, 0.2) is 0 Å². The lowest BCUT2D eigenvalue weighted by Crippen LogP contribution is -2.48. The van der Waals surface area contributed by atoms with Crippen LogP contribution in [0.25, 0.3) is 0 Å². The number of rotatable bonds is 4. The monoisotopic (exact) mass is 272 g/mol. The number of likely N-dealkylation sites (tertiary alicyclic amines) is 1. The molecule has 20 heavy (non-hydrogen) atoms. The van der Waals surface area contributed by atoms with E-state index in [0.29, 0.717) is 5.92 Å². The number of hydrogen-bond acceptors (Lipinski definition) is 4. The summed E-state index contributed by atoms with van der Waals surface area (Å²) < 4.78 is 1.73. The Labute approximate surface area is 116 Å². The molecule has 1 aliphatic heterocycles. The van der Waals surface area contributed by atoms with Crippen molar-refractivity contribution in [1.82, 2.24) is 14.7 Å². The van der Waals surface area contributed by atoms with Gasteiger partial charge in [0.2, 0.25) is 0 Å². The minimum absolute atomic E-state index is 0.0404. The highest BCUT2D eigenvalue weighted by Crippen LogP contribution is 2.32. The summed E-state index contributed by atoms with van der Waals surface area (Å²) in [5, 5.41) is 15.0. The fourth-order valence-corrected chi connectivity index (χ4v) is 2.81. The highest BCUT2D eigenvalue weighted by molar-refractivity contribution is 5.26. The maximum absolute atomic E-state index is 10.8. The second-order valence-corrected chi connectivity index (χ2v) is 5.27. The van der Waals surface area contributed by atoms with E-state index in [-0.39, 0.29) is 11.7 Å². The second-order valence-electron chi connectivity index (χ2n) is 5.27. The molecule has 1 aliphatic rings. The average Bonchev–Trinajstić information content (AvgIpc) is 2.88. The van der Waals surface area contributed by atoms with E-state index in [9.17, 15) is 10.1 Å². The third kappa shape index (κ3) is 2.30. The van der Waals surface area contributed by atoms with E-state index in [1.807, 2.05) is 18.2 Å². The summed E-state index contributed by atoms with van der Waals surface area (Å²) in [5.41, 5.74) is 1.18. The molecule has 2 aromatic rings. The molecule has 0 amide bonds. The van der Waals surface area contributed by atoms with E-state index in [4.69, 9.17) is 0 Å². The average molecular weight is 272 g/mol. The van der Waals surface area contributed by atoms with Crippen LogP contribution in [0.4, 0.5) is 5.69 Å². The zero-order chi connectivity index (χ0) is 14.1. The van der Waals surface area contributed by atoms with Crippen molar-refractivity contribution in [3.8, 4) is 0 Å². The molecule has 3 rings (SSSR count). The lowest BCUT2D eigenvalue weighted by molar-refractivity contribution is -0.385. The van der Waals surface area contributed by atoms with Crippen LogP contribution in [0.15, 0.2) is 42.7 Å². The van der Waals surface area contributed by atoms with Crippen LogP contribution in [-0.4, -0.2) is 39.7 Å². The smallest absolute Gasteiger partial charge is 0.306 e. The third-order valence-corrected chi connectivity index (χ3v) is 3.76. The van der Waals surface area contributed by atoms with Gasteiger partial charge in [-0.2, -0.15) is 5.10 Å². The molecule has 2 heterocycles. The summed E-state index contributed by atoms with van der Waals surface area (Å²) in [6.07, 6.45) is 2.84. The molecular weight excluding hydrogens is 256 g/mol. The normalized spacial score (nSPS) is 17.6. The minimum Gasteiger partial charge on any atom is -0.306 e. The molecule has 0 spiro atoms. The molecule has 104 valence electrons. The van der Waals surface area contributed by atoms with Crippen LogP contribution in [0.3, 0.4) is 0 Å². The molecular formula is C14H16N4O2. The molecule has 0 aliphatic carbocycles. The Hall–Kier alpha value is -2.21. The van der Waals surface area contributed by atoms with E-state index in [1.54, 1.807) is 4.68 Å². The van der Waals surface area contributed by atoms with Gasteiger partial charge < -0.3 is 4.90 Å². The Morgan fingerprint density at radius 2 is 2.05 bits per heavy atom. The SMILES string of the molecule is CN1CC(C(c2ccccc2)n2cc([N+](=O)[O-])cn2)C1. The molecule has 0 bridgehead atoms. The van der Waals surface area contributed by atoms with Gasteiger partial charge in [-0.15, -0.1) is 0 Å². The summed E-state index contributed by atoms with van der Waals surface area (Å²) in [6.45, 7) is 1.96. The third-order valence-electron chi connectivity index (χ3n) is 3.76. The molecule has 6 nitrogen and oxygen atoms in total. The predicted molar refractivity (Wildman–Crippen MR) is 74.4 cm³/mol. The maximum atomic E-state index is 10.8. The number of benzene rings is 1. The summed E-state index contributed by atoms with van der Waals surface area (Å²) >= 11 is 0. The van der Waals surface area contributed by atoms with Crippen LogP contribution in [0.1, 0.15) is 11.6 Å². The Kier molecular flexibility index (Phi) is 3.23. The lowest BCUT2D eigenvalue weighted by atomic mass is 9.87. The zero-order valence-electron chi connectivity index (χ0n) is 11.2. The molecule has 1 unspecified atom stereocenters. The molecule has 1 aromatic carbocycles. The van der Waals surface area contributed by atoms with E-state index in [1.165, 1.54) is 12.4 Å². The van der Waals surface area contributed by atoms with E-state index in [2.05, 4.69) is 29.2 Å². The fourth-order valence-electron chi connectivity index (χ4n) is 2.81. The van der Waals surface area contributed by atoms with Gasteiger partial charge in [-0.05, 0) is 12.6 Å². The van der Waals surface area contributed by atoms with Crippen molar-refractivity contribution < 1.29 is 4.92 Å². The van der Waals surface area contributed by atoms with Crippen LogP contribution in [0.2, 0.25) is 0 Å².